The Kier molecular flexibility index (Phi) is 8.67. The Labute approximate surface area is 226 Å². The zero-order valence-corrected chi connectivity index (χ0v) is 22.6. The van der Waals surface area contributed by atoms with Crippen LogP contribution in [0.1, 0.15) is 60.5 Å². The minimum atomic E-state index is -0.767. The highest BCUT2D eigenvalue weighted by Gasteiger charge is 2.27. The first-order valence-corrected chi connectivity index (χ1v) is 13.8. The van der Waals surface area contributed by atoms with Gasteiger partial charge in [-0.2, -0.15) is 0 Å². The van der Waals surface area contributed by atoms with Crippen molar-refractivity contribution in [3.8, 4) is 17.2 Å². The van der Waals surface area contributed by atoms with E-state index in [1.54, 1.807) is 14.2 Å². The predicted octanol–water partition coefficient (Wildman–Crippen LogP) is 6.55. The van der Waals surface area contributed by atoms with Crippen molar-refractivity contribution in [2.45, 2.75) is 44.6 Å². The third-order valence-corrected chi connectivity index (χ3v) is 7.80. The van der Waals surface area contributed by atoms with Crippen LogP contribution >= 0.6 is 0 Å². The van der Waals surface area contributed by atoms with Crippen LogP contribution in [0.5, 0.6) is 17.2 Å². The summed E-state index contributed by atoms with van der Waals surface area (Å²) in [5, 5.41) is 11.8. The number of benzene rings is 3. The highest BCUT2D eigenvalue weighted by molar-refractivity contribution is 5.95. The number of likely N-dealkylation sites (tertiary alicyclic amines) is 1. The molecule has 1 N–H and O–H groups in total. The monoisotopic (exact) mass is 513 g/mol. The summed E-state index contributed by atoms with van der Waals surface area (Å²) < 4.78 is 17.0. The molecule has 5 heteroatoms. The second-order valence-electron chi connectivity index (χ2n) is 10.2. The third-order valence-electron chi connectivity index (χ3n) is 7.80. The SMILES string of the molecule is COc1cccc(C2=C(C(O)c3ccc(OCCCN4CCCCC4)cc3)c3ccc(OC)cc3CC2)c1. The maximum atomic E-state index is 11.8. The van der Waals surface area contributed by atoms with E-state index in [2.05, 4.69) is 29.2 Å². The van der Waals surface area contributed by atoms with Gasteiger partial charge in [-0.25, -0.2) is 0 Å². The summed E-state index contributed by atoms with van der Waals surface area (Å²) in [5.41, 5.74) is 6.28. The molecular formula is C33H39NO4. The first-order valence-electron chi connectivity index (χ1n) is 13.8. The molecule has 1 heterocycles. The number of piperidine rings is 1. The number of rotatable bonds is 10. The molecule has 38 heavy (non-hydrogen) atoms. The molecule has 0 saturated carbocycles. The largest absolute Gasteiger partial charge is 0.497 e. The molecule has 200 valence electrons. The van der Waals surface area contributed by atoms with E-state index in [1.165, 1.54) is 37.9 Å². The van der Waals surface area contributed by atoms with Crippen LogP contribution in [0.4, 0.5) is 0 Å². The Bertz CT molecular complexity index is 1240. The standard InChI is InChI=1S/C33H39NO4/c1-36-28-9-6-8-25(22-28)30-16-12-26-23-29(37-2)15-17-31(26)32(30)33(35)24-10-13-27(14-11-24)38-21-7-20-34-18-4-3-5-19-34/h6,8-11,13-15,17,22-23,33,35H,3-5,7,12,16,18-21H2,1-2H3. The molecule has 0 aromatic heterocycles. The minimum Gasteiger partial charge on any atom is -0.497 e. The van der Waals surface area contributed by atoms with Gasteiger partial charge in [0.2, 0.25) is 0 Å². The van der Waals surface area contributed by atoms with Gasteiger partial charge in [-0.1, -0.05) is 36.8 Å². The van der Waals surface area contributed by atoms with Gasteiger partial charge in [-0.15, -0.1) is 0 Å². The van der Waals surface area contributed by atoms with Crippen molar-refractivity contribution in [2.75, 3.05) is 40.5 Å². The molecule has 1 aliphatic carbocycles. The molecule has 1 fully saturated rings. The number of aryl methyl sites for hydroxylation is 1. The van der Waals surface area contributed by atoms with Crippen LogP contribution in [0.3, 0.4) is 0 Å². The van der Waals surface area contributed by atoms with Crippen LogP contribution < -0.4 is 14.2 Å². The second-order valence-corrected chi connectivity index (χ2v) is 10.2. The molecule has 0 spiro atoms. The first-order chi connectivity index (χ1) is 18.7. The van der Waals surface area contributed by atoms with Gasteiger partial charge >= 0.3 is 0 Å². The fourth-order valence-corrected chi connectivity index (χ4v) is 5.72. The van der Waals surface area contributed by atoms with Crippen LogP contribution in [0.2, 0.25) is 0 Å². The first kappa shape index (κ1) is 26.3. The number of nitrogens with zero attached hydrogens (tertiary/aromatic N) is 1. The van der Waals surface area contributed by atoms with Gasteiger partial charge in [0.05, 0.1) is 20.8 Å². The summed E-state index contributed by atoms with van der Waals surface area (Å²) in [6, 6.07) is 22.2. The molecule has 1 saturated heterocycles. The molecule has 5 nitrogen and oxygen atoms in total. The lowest BCUT2D eigenvalue weighted by Crippen LogP contribution is -2.31. The average Bonchev–Trinajstić information content (AvgIpc) is 2.99. The average molecular weight is 514 g/mol. The molecule has 0 bridgehead atoms. The van der Waals surface area contributed by atoms with Gasteiger partial charge in [0.25, 0.3) is 0 Å². The minimum absolute atomic E-state index is 0.707. The maximum Gasteiger partial charge on any atom is 0.119 e. The summed E-state index contributed by atoms with van der Waals surface area (Å²) in [6.07, 6.45) is 5.98. The quantitative estimate of drug-likeness (QED) is 0.312. The normalized spacial score (nSPS) is 16.6. The molecule has 1 unspecified atom stereocenters. The highest BCUT2D eigenvalue weighted by Crippen LogP contribution is 2.45. The van der Waals surface area contributed by atoms with Crippen LogP contribution in [-0.4, -0.2) is 50.5 Å². The Morgan fingerprint density at radius 2 is 1.55 bits per heavy atom. The van der Waals surface area contributed by atoms with E-state index in [0.29, 0.717) is 6.61 Å². The van der Waals surface area contributed by atoms with E-state index in [4.69, 9.17) is 14.2 Å². The van der Waals surface area contributed by atoms with Crippen LogP contribution in [0.25, 0.3) is 11.1 Å². The summed E-state index contributed by atoms with van der Waals surface area (Å²) in [6.45, 7) is 4.24. The lowest BCUT2D eigenvalue weighted by molar-refractivity contribution is 0.205. The predicted molar refractivity (Wildman–Crippen MR) is 153 cm³/mol. The van der Waals surface area contributed by atoms with Crippen molar-refractivity contribution in [3.05, 3.63) is 89.0 Å². The molecule has 0 amide bonds. The number of ether oxygens (including phenoxy) is 3. The fraction of sp³-hybridized carbons (Fsp3) is 0.394. The van der Waals surface area contributed by atoms with Crippen molar-refractivity contribution < 1.29 is 19.3 Å². The van der Waals surface area contributed by atoms with Crippen molar-refractivity contribution >= 4 is 11.1 Å². The number of hydrogen-bond acceptors (Lipinski definition) is 5. The molecular weight excluding hydrogens is 474 g/mol. The van der Waals surface area contributed by atoms with E-state index in [9.17, 15) is 5.11 Å². The Balaban J connectivity index is 1.36. The van der Waals surface area contributed by atoms with E-state index < -0.39 is 6.10 Å². The van der Waals surface area contributed by atoms with Crippen LogP contribution in [0, 0.1) is 0 Å². The van der Waals surface area contributed by atoms with E-state index >= 15 is 0 Å². The van der Waals surface area contributed by atoms with Crippen molar-refractivity contribution in [1.82, 2.24) is 4.90 Å². The molecule has 1 aliphatic heterocycles. The number of aliphatic hydroxyl groups is 1. The lowest BCUT2D eigenvalue weighted by Gasteiger charge is -2.28. The van der Waals surface area contributed by atoms with E-state index in [1.807, 2.05) is 42.5 Å². The molecule has 2 aliphatic rings. The van der Waals surface area contributed by atoms with Gasteiger partial charge in [0, 0.05) is 6.54 Å². The zero-order chi connectivity index (χ0) is 26.3. The lowest BCUT2D eigenvalue weighted by atomic mass is 9.79. The summed E-state index contributed by atoms with van der Waals surface area (Å²) in [4.78, 5) is 2.54. The number of aliphatic hydroxyl groups excluding tert-OH is 1. The van der Waals surface area contributed by atoms with Crippen LogP contribution in [-0.2, 0) is 6.42 Å². The maximum absolute atomic E-state index is 11.8. The number of methoxy groups -OCH3 is 2. The highest BCUT2D eigenvalue weighted by atomic mass is 16.5. The fourth-order valence-electron chi connectivity index (χ4n) is 5.72. The van der Waals surface area contributed by atoms with Crippen molar-refractivity contribution in [2.24, 2.45) is 0 Å². The van der Waals surface area contributed by atoms with Gasteiger partial charge in [-0.05, 0) is 115 Å². The summed E-state index contributed by atoms with van der Waals surface area (Å²) in [7, 11) is 3.37. The number of allylic oxidation sites excluding steroid dienone is 1. The topological polar surface area (TPSA) is 51.2 Å². The molecule has 3 aromatic rings. The second kappa shape index (κ2) is 12.5. The third kappa shape index (κ3) is 6.06. The van der Waals surface area contributed by atoms with Gasteiger partial charge in [0.1, 0.15) is 23.4 Å². The Morgan fingerprint density at radius 3 is 2.32 bits per heavy atom. The molecule has 3 aromatic carbocycles. The van der Waals surface area contributed by atoms with E-state index in [-0.39, 0.29) is 0 Å². The zero-order valence-electron chi connectivity index (χ0n) is 22.6. The molecule has 1 atom stereocenters. The molecule has 5 rings (SSSR count). The smallest absolute Gasteiger partial charge is 0.119 e. The molecule has 0 radical (unpaired) electrons. The van der Waals surface area contributed by atoms with Crippen LogP contribution in [0.15, 0.2) is 66.7 Å². The Hall–Kier alpha value is -3.28. The summed E-state index contributed by atoms with van der Waals surface area (Å²) >= 11 is 0. The van der Waals surface area contributed by atoms with Crippen molar-refractivity contribution in [3.63, 3.8) is 0 Å². The van der Waals surface area contributed by atoms with Crippen molar-refractivity contribution in [1.29, 1.82) is 0 Å². The van der Waals surface area contributed by atoms with E-state index in [0.717, 1.165) is 70.9 Å². The van der Waals surface area contributed by atoms with Gasteiger partial charge in [-0.3, -0.25) is 0 Å². The number of fused-ring (bicyclic) bond motifs is 1. The van der Waals surface area contributed by atoms with Gasteiger partial charge in [0.15, 0.2) is 0 Å². The number of hydrogen-bond donors (Lipinski definition) is 1. The Morgan fingerprint density at radius 1 is 0.816 bits per heavy atom. The summed E-state index contributed by atoms with van der Waals surface area (Å²) in [5.74, 6) is 2.49. The van der Waals surface area contributed by atoms with Gasteiger partial charge < -0.3 is 24.2 Å².